The normalized spacial score (nSPS) is 8.67. The van der Waals surface area contributed by atoms with Crippen LogP contribution in [0.4, 0.5) is 0 Å². The second kappa shape index (κ2) is 95.4. The largest absolute Gasteiger partial charge is 0.466 e. The minimum atomic E-state index is -0.551. The van der Waals surface area contributed by atoms with Crippen molar-refractivity contribution in [1.29, 1.82) is 0 Å². The molecule has 0 aliphatic heterocycles. The number of thioether (sulfide) groups is 2. The maximum Gasteiger partial charge on any atom is 0.344 e. The molecule has 98 heavy (non-hydrogen) atoms. The number of hydrogen-bond acceptors (Lipinski definition) is 37. The van der Waals surface area contributed by atoms with Gasteiger partial charge < -0.3 is 85.3 Å². The van der Waals surface area contributed by atoms with Gasteiger partial charge in [-0.05, 0) is 74.3 Å². The molecule has 0 heterocycles. The molecule has 0 aromatic carbocycles. The molecule has 0 N–H and O–H groups in total. The van der Waals surface area contributed by atoms with E-state index in [1.807, 2.05) is 34.0 Å². The van der Waals surface area contributed by atoms with Gasteiger partial charge in [0, 0.05) is 81.6 Å². The number of methoxy groups -OCH3 is 2. The number of carbonyl (C=O) groups excluding carboxylic acids is 17. The highest BCUT2D eigenvalue weighted by molar-refractivity contribution is 7.99. The molecule has 0 fully saturated rings. The van der Waals surface area contributed by atoms with E-state index in [0.717, 1.165) is 5.75 Å². The quantitative estimate of drug-likeness (QED) is 0.0264. The van der Waals surface area contributed by atoms with Crippen molar-refractivity contribution in [3.05, 3.63) is 0 Å². The lowest BCUT2D eigenvalue weighted by atomic mass is 10.2. The van der Waals surface area contributed by atoms with E-state index in [2.05, 4.69) is 75.8 Å². The molecule has 0 aliphatic carbocycles. The maximum absolute atomic E-state index is 10.6. The maximum atomic E-state index is 10.6. The molecule has 0 rings (SSSR count). The second-order valence-corrected chi connectivity index (χ2v) is 18.0. The smallest absolute Gasteiger partial charge is 0.344 e. The Morgan fingerprint density at radius 2 is 0.643 bits per heavy atom. The van der Waals surface area contributed by atoms with Gasteiger partial charge in [0.25, 0.3) is 0 Å². The third-order valence-electron chi connectivity index (χ3n) is 7.28. The van der Waals surface area contributed by atoms with Crippen LogP contribution < -0.4 is 0 Å². The number of ether oxygens (including phenoxy) is 18. The topological polar surface area (TPSA) is 456 Å². The van der Waals surface area contributed by atoms with Gasteiger partial charge in [0.2, 0.25) is 6.79 Å². The van der Waals surface area contributed by atoms with Crippen LogP contribution in [0, 0.1) is 0 Å². The molecule has 0 amide bonds. The van der Waals surface area contributed by atoms with E-state index in [4.69, 9.17) is 9.47 Å². The van der Waals surface area contributed by atoms with Gasteiger partial charge in [-0.1, -0.05) is 20.8 Å². The van der Waals surface area contributed by atoms with Crippen molar-refractivity contribution in [2.24, 2.45) is 0 Å². The highest BCUT2D eigenvalue weighted by Gasteiger charge is 2.10. The van der Waals surface area contributed by atoms with Gasteiger partial charge in [0.15, 0.2) is 32.6 Å². The van der Waals surface area contributed by atoms with Crippen molar-refractivity contribution in [1.82, 2.24) is 0 Å². The average molecular weight is 1470 g/mol. The van der Waals surface area contributed by atoms with Crippen LogP contribution in [0.2, 0.25) is 0 Å². The fraction of sp³-hybridized carbons (Fsp3) is 0.721. The molecule has 576 valence electrons. The third kappa shape index (κ3) is 153. The molecule has 0 unspecified atom stereocenters. The fourth-order valence-corrected chi connectivity index (χ4v) is 4.11. The first-order valence-corrected chi connectivity index (χ1v) is 32.3. The monoisotopic (exact) mass is 1470 g/mol. The predicted octanol–water partition coefficient (Wildman–Crippen LogP) is 5.31. The Labute approximate surface area is 584 Å². The molecule has 0 spiro atoms. The number of hydrogen-bond donors (Lipinski definition) is 0. The van der Waals surface area contributed by atoms with E-state index < -0.39 is 59.7 Å². The summed E-state index contributed by atoms with van der Waals surface area (Å²) in [5, 5.41) is 0. The first-order valence-electron chi connectivity index (χ1n) is 29.8. The van der Waals surface area contributed by atoms with Crippen LogP contribution in [0.15, 0.2) is 0 Å². The Morgan fingerprint density at radius 3 is 0.939 bits per heavy atom. The summed E-state index contributed by atoms with van der Waals surface area (Å²) < 4.78 is 80.3. The van der Waals surface area contributed by atoms with E-state index in [1.54, 1.807) is 60.2 Å². The van der Waals surface area contributed by atoms with Crippen molar-refractivity contribution in [3.8, 4) is 0 Å². The standard InChI is InChI=1S/2C7H12O4.C7H12O3.C6H12O3.C6H12O2S.2C5H8O4.C5H8O3.C5H10O3.C4H8O3.C4H8O2S/c1-3-10-6(8)5-7(9)11-4-2;1-3-6(8)11-5-7(9)10-4-2;1-3-6(8)5-7(9)10-4-2;1-3-8-5-6(7)9-4-2;1-3-8-6(7)5-9-4-2;1-4(6)9-3-5(7)8-2;1-4(6)8-3-9-5(2)7;1-4(6)3-8-5(2)7;1-3-7-4-8-5(2)6;1-4(5)7-3-6-2;1-4(5)6-3-7-2/h2*3-5H2,1-2H3;3-5H2,1-2H3;2*3-5H2,1-2H3;2*3H2,1-2H3;3H2,1-2H3;3-4H2,1-2H3;2*3H2,1-2H3. The van der Waals surface area contributed by atoms with Crippen LogP contribution in [0.25, 0.3) is 0 Å². The molecular formula is C61H110O35S2. The van der Waals surface area contributed by atoms with Gasteiger partial charge >= 0.3 is 89.5 Å². The first kappa shape index (κ1) is 114. The molecule has 35 nitrogen and oxygen atoms in total. The summed E-state index contributed by atoms with van der Waals surface area (Å²) >= 11 is 3.07. The third-order valence-corrected chi connectivity index (χ3v) is 8.48. The number of ketones is 2. The molecule has 0 radical (unpaired) electrons. The molecule has 0 atom stereocenters. The predicted molar refractivity (Wildman–Crippen MR) is 351 cm³/mol. The molecule has 0 aliphatic rings. The fourth-order valence-electron chi connectivity index (χ4n) is 3.37. The Morgan fingerprint density at radius 1 is 0.296 bits per heavy atom. The summed E-state index contributed by atoms with van der Waals surface area (Å²) in [6, 6.07) is 0. The summed E-state index contributed by atoms with van der Waals surface area (Å²) in [5.41, 5.74) is 0. The Balaban J connectivity index is -0.0000000946. The van der Waals surface area contributed by atoms with Crippen LogP contribution in [0.1, 0.15) is 157 Å². The van der Waals surface area contributed by atoms with Gasteiger partial charge in [0.05, 0.1) is 52.5 Å². The molecular weight excluding hydrogens is 1360 g/mol. The van der Waals surface area contributed by atoms with Crippen LogP contribution >= 0.6 is 23.5 Å². The molecule has 0 aromatic heterocycles. The van der Waals surface area contributed by atoms with Gasteiger partial charge in [0.1, 0.15) is 37.8 Å². The van der Waals surface area contributed by atoms with Crippen molar-refractivity contribution in [2.75, 3.05) is 138 Å². The van der Waals surface area contributed by atoms with E-state index in [1.165, 1.54) is 81.4 Å². The number of Topliss-reactive ketones (excluding diaryl/α,β-unsaturated/α-hetero) is 2. The highest BCUT2D eigenvalue weighted by atomic mass is 32.2. The highest BCUT2D eigenvalue weighted by Crippen LogP contribution is 1.98. The van der Waals surface area contributed by atoms with Gasteiger partial charge in [-0.3, -0.25) is 67.1 Å². The van der Waals surface area contributed by atoms with Gasteiger partial charge in [-0.2, -0.15) is 11.8 Å². The SMILES string of the molecule is CC(=O)COC(C)=O.CC(=O)OCOC(C)=O.CCOC(=O)CC(=O)CC.CCOC(=O)CC(=O)OCC.CCOC(=O)COC(=O)CC.CCOC(=O)CSCC.CCOCC(=O)OCC.CCOCOC(C)=O.COC(=O)COC(C)=O.COCOC(C)=O.CSCOC(C)=O. The first-order chi connectivity index (χ1) is 45.9. The van der Waals surface area contributed by atoms with Crippen LogP contribution in [0.3, 0.4) is 0 Å². The van der Waals surface area contributed by atoms with Crippen molar-refractivity contribution in [3.63, 3.8) is 0 Å². The summed E-state index contributed by atoms with van der Waals surface area (Å²) in [6.45, 7) is 32.4. The summed E-state index contributed by atoms with van der Waals surface area (Å²) in [7, 11) is 2.69. The lowest BCUT2D eigenvalue weighted by Gasteiger charge is -2.01. The van der Waals surface area contributed by atoms with Crippen LogP contribution in [-0.4, -0.2) is 239 Å². The Hall–Kier alpha value is -8.03. The number of esters is 15. The van der Waals surface area contributed by atoms with Crippen LogP contribution in [0.5, 0.6) is 0 Å². The second-order valence-electron chi connectivity index (χ2n) is 15.9. The molecule has 37 heteroatoms. The minimum absolute atomic E-state index is 0.0509. The zero-order valence-electron chi connectivity index (χ0n) is 61.2. The number of carbonyl (C=O) groups is 17. The zero-order chi connectivity index (χ0) is 78.5. The minimum Gasteiger partial charge on any atom is -0.466 e. The Kier molecular flexibility index (Phi) is 111. The summed E-state index contributed by atoms with van der Waals surface area (Å²) in [5.74, 6) is -4.28. The molecule has 0 saturated carbocycles. The van der Waals surface area contributed by atoms with Crippen molar-refractivity contribution >= 4 is 125 Å². The van der Waals surface area contributed by atoms with Crippen molar-refractivity contribution in [2.45, 2.75) is 157 Å². The average Bonchev–Trinajstić information content (AvgIpc) is 3.54. The Bertz CT molecular complexity index is 2020. The van der Waals surface area contributed by atoms with Crippen LogP contribution in [-0.2, 0) is 167 Å². The molecule has 0 aromatic rings. The van der Waals surface area contributed by atoms with E-state index >= 15 is 0 Å². The lowest BCUT2D eigenvalue weighted by Crippen LogP contribution is -2.15. The van der Waals surface area contributed by atoms with E-state index in [0.29, 0.717) is 57.8 Å². The van der Waals surface area contributed by atoms with E-state index in [-0.39, 0.29) is 121 Å². The van der Waals surface area contributed by atoms with Gasteiger partial charge in [-0.15, -0.1) is 11.8 Å². The molecule has 0 saturated heterocycles. The lowest BCUT2D eigenvalue weighted by molar-refractivity contribution is -0.164. The molecule has 0 bridgehead atoms. The van der Waals surface area contributed by atoms with E-state index in [9.17, 15) is 81.5 Å². The van der Waals surface area contributed by atoms with Crippen molar-refractivity contribution < 1.29 is 167 Å². The summed E-state index contributed by atoms with van der Waals surface area (Å²) in [6.07, 6.45) is 2.19. The van der Waals surface area contributed by atoms with Gasteiger partial charge in [-0.25, -0.2) is 14.4 Å². The number of rotatable bonds is 33. The summed E-state index contributed by atoms with van der Waals surface area (Å²) in [4.78, 5) is 175. The zero-order valence-corrected chi connectivity index (χ0v) is 62.8.